The van der Waals surface area contributed by atoms with Gasteiger partial charge in [0.2, 0.25) is 0 Å². The second kappa shape index (κ2) is 16.1. The molecule has 17 aromatic rings. The van der Waals surface area contributed by atoms with Crippen LogP contribution in [0.5, 0.6) is 0 Å². The van der Waals surface area contributed by atoms with E-state index in [1.807, 2.05) is 0 Å². The van der Waals surface area contributed by atoms with E-state index in [4.69, 9.17) is 0 Å². The first-order valence-electron chi connectivity index (χ1n) is 28.8. The fourth-order valence-corrected chi connectivity index (χ4v) is 16.5. The first-order valence-corrected chi connectivity index (χ1v) is 28.8. The Labute approximate surface area is 473 Å². The summed E-state index contributed by atoms with van der Waals surface area (Å²) in [6.07, 6.45) is 0. The van der Waals surface area contributed by atoms with Gasteiger partial charge in [0.05, 0.1) is 43.9 Å². The van der Waals surface area contributed by atoms with Gasteiger partial charge in [-0.05, 0) is 90.0 Å². The Kier molecular flexibility index (Phi) is 8.69. The maximum Gasteiger partial charge on any atom is 0.0720 e. The van der Waals surface area contributed by atoms with Crippen molar-refractivity contribution in [3.63, 3.8) is 0 Å². The third kappa shape index (κ3) is 5.23. The highest BCUT2D eigenvalue weighted by atomic mass is 14.9. The van der Waals surface area contributed by atoms with Gasteiger partial charge in [0.25, 0.3) is 0 Å². The monoisotopic (exact) mass is 1040 g/mol. The zero-order valence-electron chi connectivity index (χ0n) is 44.6. The van der Waals surface area contributed by atoms with E-state index in [9.17, 15) is 0 Å². The Morgan fingerprint density at radius 2 is 0.524 bits per heavy atom. The molecule has 4 heterocycles. The molecule has 0 fully saturated rings. The van der Waals surface area contributed by atoms with Crippen molar-refractivity contribution in [3.8, 4) is 44.5 Å². The van der Waals surface area contributed by atoms with Crippen LogP contribution in [0.2, 0.25) is 0 Å². The standard InChI is InChI=1S/C80H48N2/c1-7-25-49(26-8-1)67-71-61-41-23-39-59-70-66(48-46-58-56-38-20-22-44-64(56)80(74(58)70,53-33-15-5-16-34-53)54-35-17-6-18-36-54)82(75(59)61)78(71)68(50-27-9-2-10-28-50)72-62-42-24-40-60-69-65(81(76(60)62)77(67)72)47-45-57-55-37-19-21-43-63(55)79(73(57)69,51-29-11-3-12-30-51)52-31-13-4-14-32-52/h1-48H. The second-order valence-corrected chi connectivity index (χ2v) is 22.8. The lowest BCUT2D eigenvalue weighted by atomic mass is 9.67. The van der Waals surface area contributed by atoms with Crippen molar-refractivity contribution in [1.29, 1.82) is 0 Å². The number of fused-ring (bicyclic) bond motifs is 20. The molecule has 2 nitrogen and oxygen atoms in total. The maximum atomic E-state index is 2.69. The Bertz CT molecular complexity index is 5040. The van der Waals surface area contributed by atoms with Crippen LogP contribution in [0.4, 0.5) is 0 Å². The lowest BCUT2D eigenvalue weighted by Crippen LogP contribution is -2.28. The molecular weight excluding hydrogens is 989 g/mol. The zero-order valence-corrected chi connectivity index (χ0v) is 44.6. The van der Waals surface area contributed by atoms with Crippen LogP contribution >= 0.6 is 0 Å². The highest BCUT2D eigenvalue weighted by Gasteiger charge is 2.50. The van der Waals surface area contributed by atoms with Crippen molar-refractivity contribution in [1.82, 2.24) is 8.80 Å². The minimum Gasteiger partial charge on any atom is -0.307 e. The molecule has 378 valence electrons. The van der Waals surface area contributed by atoms with Crippen molar-refractivity contribution in [2.45, 2.75) is 10.8 Å². The molecule has 4 aromatic heterocycles. The van der Waals surface area contributed by atoms with Gasteiger partial charge in [-0.25, -0.2) is 0 Å². The molecule has 0 saturated carbocycles. The van der Waals surface area contributed by atoms with Crippen LogP contribution in [0.25, 0.3) is 121 Å². The predicted octanol–water partition coefficient (Wildman–Crippen LogP) is 20.0. The normalized spacial score (nSPS) is 14.0. The summed E-state index contributed by atoms with van der Waals surface area (Å²) in [4.78, 5) is 0. The van der Waals surface area contributed by atoms with Crippen molar-refractivity contribution < 1.29 is 0 Å². The Hall–Kier alpha value is -10.5. The highest BCUT2D eigenvalue weighted by molar-refractivity contribution is 6.38. The topological polar surface area (TPSA) is 8.82 Å². The lowest BCUT2D eigenvalue weighted by molar-refractivity contribution is 0.776. The maximum absolute atomic E-state index is 2.69. The van der Waals surface area contributed by atoms with Crippen LogP contribution in [0.15, 0.2) is 291 Å². The SMILES string of the molecule is c1ccc(-c2c3c4cccc5c6c7c(ccc6n(c3c(-c3ccccc3)c3c6cccc8c9c%10c(ccc9n(c23)c86)-c2ccccc2C%10(c2ccccc2)c2ccccc2)c54)-c2ccccc2C7(c2ccccc2)c2ccccc2)cc1. The van der Waals surface area contributed by atoms with Gasteiger partial charge in [-0.1, -0.05) is 279 Å². The van der Waals surface area contributed by atoms with E-state index in [0.717, 1.165) is 0 Å². The summed E-state index contributed by atoms with van der Waals surface area (Å²) in [5.74, 6) is 0. The fourth-order valence-electron chi connectivity index (χ4n) is 16.5. The number of hydrogen-bond donors (Lipinski definition) is 0. The summed E-state index contributed by atoms with van der Waals surface area (Å²) in [6, 6.07) is 110. The van der Waals surface area contributed by atoms with E-state index in [0.29, 0.717) is 0 Å². The van der Waals surface area contributed by atoms with Crippen molar-refractivity contribution in [2.24, 2.45) is 0 Å². The molecule has 2 aliphatic rings. The third-order valence-corrected chi connectivity index (χ3v) is 19.3. The number of benzene rings is 13. The molecule has 0 amide bonds. The summed E-state index contributed by atoms with van der Waals surface area (Å²) < 4.78 is 5.39. The summed E-state index contributed by atoms with van der Waals surface area (Å²) in [5, 5.41) is 10.2. The molecule has 0 aliphatic heterocycles. The molecule has 19 rings (SSSR count). The van der Waals surface area contributed by atoms with Crippen LogP contribution in [0, 0.1) is 0 Å². The lowest BCUT2D eigenvalue weighted by Gasteiger charge is -2.34. The number of nitrogens with zero attached hydrogens (tertiary/aromatic N) is 2. The van der Waals surface area contributed by atoms with Gasteiger partial charge in [-0.2, -0.15) is 0 Å². The summed E-state index contributed by atoms with van der Waals surface area (Å²) in [5.41, 5.74) is 26.7. The first kappa shape index (κ1) is 44.3. The Balaban J connectivity index is 1.04. The first-order chi connectivity index (χ1) is 40.8. The third-order valence-electron chi connectivity index (χ3n) is 19.3. The van der Waals surface area contributed by atoms with Gasteiger partial charge >= 0.3 is 0 Å². The van der Waals surface area contributed by atoms with E-state index in [1.54, 1.807) is 0 Å². The molecular formula is C80H48N2. The van der Waals surface area contributed by atoms with E-state index in [-0.39, 0.29) is 0 Å². The minimum atomic E-state index is -0.582. The van der Waals surface area contributed by atoms with Gasteiger partial charge in [-0.3, -0.25) is 0 Å². The van der Waals surface area contributed by atoms with Gasteiger partial charge in [0.15, 0.2) is 0 Å². The van der Waals surface area contributed by atoms with Gasteiger partial charge in [0.1, 0.15) is 0 Å². The largest absolute Gasteiger partial charge is 0.307 e. The van der Waals surface area contributed by atoms with Crippen LogP contribution < -0.4 is 0 Å². The van der Waals surface area contributed by atoms with Gasteiger partial charge < -0.3 is 8.80 Å². The number of para-hydroxylation sites is 2. The molecule has 2 heteroatoms. The van der Waals surface area contributed by atoms with Crippen LogP contribution in [0.1, 0.15) is 44.5 Å². The quantitative estimate of drug-likeness (QED) is 0.157. The predicted molar refractivity (Wildman–Crippen MR) is 341 cm³/mol. The van der Waals surface area contributed by atoms with Crippen molar-refractivity contribution in [3.05, 3.63) is 336 Å². The minimum absolute atomic E-state index is 0.582. The average Bonchev–Trinajstić information content (AvgIpc) is 1.71. The molecule has 0 unspecified atom stereocenters. The molecule has 0 saturated heterocycles. The van der Waals surface area contributed by atoms with Crippen molar-refractivity contribution >= 4 is 76.2 Å². The highest BCUT2D eigenvalue weighted by Crippen LogP contribution is 2.63. The summed E-state index contributed by atoms with van der Waals surface area (Å²) >= 11 is 0. The number of hydrogen-bond acceptors (Lipinski definition) is 0. The number of rotatable bonds is 6. The van der Waals surface area contributed by atoms with Crippen molar-refractivity contribution in [2.75, 3.05) is 0 Å². The summed E-state index contributed by atoms with van der Waals surface area (Å²) in [6.45, 7) is 0. The zero-order chi connectivity index (χ0) is 53.4. The van der Waals surface area contributed by atoms with E-state index in [2.05, 4.69) is 300 Å². The van der Waals surface area contributed by atoms with Crippen LogP contribution in [-0.4, -0.2) is 8.80 Å². The van der Waals surface area contributed by atoms with E-state index < -0.39 is 10.8 Å². The van der Waals surface area contributed by atoms with Crippen LogP contribution in [0.3, 0.4) is 0 Å². The Morgan fingerprint density at radius 3 is 0.878 bits per heavy atom. The van der Waals surface area contributed by atoms with Gasteiger partial charge in [-0.15, -0.1) is 0 Å². The van der Waals surface area contributed by atoms with E-state index in [1.165, 1.54) is 165 Å². The average molecular weight is 1040 g/mol. The molecule has 13 aromatic carbocycles. The van der Waals surface area contributed by atoms with Crippen LogP contribution in [-0.2, 0) is 10.8 Å². The molecule has 2 aliphatic carbocycles. The number of aromatic nitrogens is 2. The molecule has 0 spiro atoms. The molecule has 0 bridgehead atoms. The molecule has 0 N–H and O–H groups in total. The molecule has 82 heavy (non-hydrogen) atoms. The molecule has 0 radical (unpaired) electrons. The van der Waals surface area contributed by atoms with Gasteiger partial charge in [0, 0.05) is 54.2 Å². The molecule has 0 atom stereocenters. The fraction of sp³-hybridized carbons (Fsp3) is 0.0250. The smallest absolute Gasteiger partial charge is 0.0720 e. The Morgan fingerprint density at radius 1 is 0.220 bits per heavy atom. The van der Waals surface area contributed by atoms with E-state index >= 15 is 0 Å². The summed E-state index contributed by atoms with van der Waals surface area (Å²) in [7, 11) is 0. The second-order valence-electron chi connectivity index (χ2n) is 22.8.